The minimum Gasteiger partial charge on any atom is -0.338 e. The van der Waals surface area contributed by atoms with Gasteiger partial charge in [-0.25, -0.2) is 0 Å². The lowest BCUT2D eigenvalue weighted by molar-refractivity contribution is 0.258. The van der Waals surface area contributed by atoms with Crippen LogP contribution in [0.1, 0.15) is 50.8 Å². The second kappa shape index (κ2) is 5.75. The highest BCUT2D eigenvalue weighted by Gasteiger charge is 2.18. The Hall–Kier alpha value is -1.69. The van der Waals surface area contributed by atoms with Crippen molar-refractivity contribution in [2.45, 2.75) is 52.6 Å². The largest absolute Gasteiger partial charge is 0.338 e. The van der Waals surface area contributed by atoms with Crippen LogP contribution in [0.25, 0.3) is 0 Å². The van der Waals surface area contributed by atoms with Crippen LogP contribution in [-0.4, -0.2) is 32.3 Å². The van der Waals surface area contributed by atoms with Crippen molar-refractivity contribution in [3.63, 3.8) is 0 Å². The van der Waals surface area contributed by atoms with Gasteiger partial charge >= 0.3 is 0 Å². The second-order valence-electron chi connectivity index (χ2n) is 6.16. The van der Waals surface area contributed by atoms with Crippen molar-refractivity contribution in [1.82, 2.24) is 25.2 Å². The molecule has 2 aromatic heterocycles. The molecule has 2 heterocycles. The SMILES string of the molecule is CCc1noc(CN(C)Cc2cc(C(C)(C)C)n[nH]2)n1. The summed E-state index contributed by atoms with van der Waals surface area (Å²) in [6.07, 6.45) is 0.794. The number of nitrogens with zero attached hydrogens (tertiary/aromatic N) is 4. The Kier molecular flexibility index (Phi) is 4.23. The highest BCUT2D eigenvalue weighted by molar-refractivity contribution is 5.16. The lowest BCUT2D eigenvalue weighted by atomic mass is 9.92. The smallest absolute Gasteiger partial charge is 0.240 e. The summed E-state index contributed by atoms with van der Waals surface area (Å²) in [7, 11) is 2.02. The number of aromatic amines is 1. The Labute approximate surface area is 119 Å². The van der Waals surface area contributed by atoms with E-state index in [1.807, 2.05) is 14.0 Å². The molecule has 110 valence electrons. The molecule has 0 spiro atoms. The Balaban J connectivity index is 1.94. The lowest BCUT2D eigenvalue weighted by Crippen LogP contribution is -2.17. The molecule has 0 aliphatic rings. The first-order valence-electron chi connectivity index (χ1n) is 6.93. The molecule has 0 saturated carbocycles. The van der Waals surface area contributed by atoms with Gasteiger partial charge in [-0.15, -0.1) is 0 Å². The quantitative estimate of drug-likeness (QED) is 0.908. The maximum Gasteiger partial charge on any atom is 0.240 e. The summed E-state index contributed by atoms with van der Waals surface area (Å²) in [5.74, 6) is 1.41. The number of aryl methyl sites for hydroxylation is 1. The molecule has 0 aliphatic heterocycles. The third kappa shape index (κ3) is 3.66. The zero-order valence-electron chi connectivity index (χ0n) is 12.9. The van der Waals surface area contributed by atoms with Crippen LogP contribution in [0.15, 0.2) is 10.6 Å². The molecule has 2 rings (SSSR count). The van der Waals surface area contributed by atoms with Gasteiger partial charge in [-0.2, -0.15) is 10.1 Å². The Morgan fingerprint density at radius 3 is 2.60 bits per heavy atom. The van der Waals surface area contributed by atoms with E-state index in [1.54, 1.807) is 0 Å². The fraction of sp³-hybridized carbons (Fsp3) is 0.643. The summed E-state index contributed by atoms with van der Waals surface area (Å²) < 4.78 is 5.19. The predicted octanol–water partition coefficient (Wildman–Crippen LogP) is 2.28. The van der Waals surface area contributed by atoms with Gasteiger partial charge in [0.15, 0.2) is 5.82 Å². The minimum atomic E-state index is 0.0653. The van der Waals surface area contributed by atoms with E-state index in [1.165, 1.54) is 0 Å². The molecule has 6 heteroatoms. The van der Waals surface area contributed by atoms with Crippen molar-refractivity contribution in [1.29, 1.82) is 0 Å². The van der Waals surface area contributed by atoms with Gasteiger partial charge in [0.05, 0.1) is 12.2 Å². The van der Waals surface area contributed by atoms with Gasteiger partial charge in [-0.1, -0.05) is 32.9 Å². The third-order valence-electron chi connectivity index (χ3n) is 3.07. The van der Waals surface area contributed by atoms with E-state index < -0.39 is 0 Å². The molecule has 0 bridgehead atoms. The molecule has 6 nitrogen and oxygen atoms in total. The van der Waals surface area contributed by atoms with Gasteiger partial charge in [0, 0.05) is 24.1 Å². The molecule has 20 heavy (non-hydrogen) atoms. The van der Waals surface area contributed by atoms with Crippen molar-refractivity contribution in [3.8, 4) is 0 Å². The molecule has 0 aliphatic carbocycles. The molecular formula is C14H23N5O. The van der Waals surface area contributed by atoms with Crippen LogP contribution in [0.4, 0.5) is 0 Å². The van der Waals surface area contributed by atoms with E-state index in [0.717, 1.165) is 30.2 Å². The van der Waals surface area contributed by atoms with E-state index in [0.29, 0.717) is 12.4 Å². The molecule has 0 atom stereocenters. The first-order chi connectivity index (χ1) is 9.38. The molecule has 0 radical (unpaired) electrons. The van der Waals surface area contributed by atoms with E-state index in [4.69, 9.17) is 4.52 Å². The highest BCUT2D eigenvalue weighted by Crippen LogP contribution is 2.20. The number of nitrogens with one attached hydrogen (secondary N) is 1. The van der Waals surface area contributed by atoms with Crippen molar-refractivity contribution in [3.05, 3.63) is 29.2 Å². The third-order valence-corrected chi connectivity index (χ3v) is 3.07. The first kappa shape index (κ1) is 14.7. The van der Waals surface area contributed by atoms with E-state index >= 15 is 0 Å². The number of hydrogen-bond acceptors (Lipinski definition) is 5. The van der Waals surface area contributed by atoms with Crippen LogP contribution in [0.2, 0.25) is 0 Å². The summed E-state index contributed by atoms with van der Waals surface area (Å²) in [6.45, 7) is 9.88. The van der Waals surface area contributed by atoms with Gasteiger partial charge in [0.2, 0.25) is 5.89 Å². The molecule has 0 aromatic carbocycles. The zero-order chi connectivity index (χ0) is 14.8. The number of aromatic nitrogens is 4. The van der Waals surface area contributed by atoms with Crippen molar-refractivity contribution in [2.24, 2.45) is 0 Å². The topological polar surface area (TPSA) is 70.8 Å². The maximum atomic E-state index is 5.19. The van der Waals surface area contributed by atoms with E-state index in [9.17, 15) is 0 Å². The summed E-state index contributed by atoms with van der Waals surface area (Å²) in [4.78, 5) is 6.43. The van der Waals surface area contributed by atoms with Crippen molar-refractivity contribution >= 4 is 0 Å². The second-order valence-corrected chi connectivity index (χ2v) is 6.16. The summed E-state index contributed by atoms with van der Waals surface area (Å²) in [5, 5.41) is 11.3. The summed E-state index contributed by atoms with van der Waals surface area (Å²) in [6, 6.07) is 2.11. The monoisotopic (exact) mass is 277 g/mol. The lowest BCUT2D eigenvalue weighted by Gasteiger charge is -2.14. The fourth-order valence-corrected chi connectivity index (χ4v) is 1.90. The van der Waals surface area contributed by atoms with Crippen LogP contribution in [0.5, 0.6) is 0 Å². The number of hydrogen-bond donors (Lipinski definition) is 1. The minimum absolute atomic E-state index is 0.0653. The van der Waals surface area contributed by atoms with Crippen LogP contribution >= 0.6 is 0 Å². The Morgan fingerprint density at radius 2 is 2.05 bits per heavy atom. The standard InChI is InChI=1S/C14H23N5O/c1-6-12-15-13(20-18-12)9-19(5)8-10-7-11(17-16-10)14(2,3)4/h7H,6,8-9H2,1-5H3,(H,16,17). The predicted molar refractivity (Wildman–Crippen MR) is 76.1 cm³/mol. The van der Waals surface area contributed by atoms with Crippen LogP contribution < -0.4 is 0 Å². The first-order valence-corrected chi connectivity index (χ1v) is 6.93. The highest BCUT2D eigenvalue weighted by atomic mass is 16.5. The molecular weight excluding hydrogens is 254 g/mol. The molecule has 0 saturated heterocycles. The molecule has 2 aromatic rings. The zero-order valence-corrected chi connectivity index (χ0v) is 12.9. The number of H-pyrrole nitrogens is 1. The molecule has 0 unspecified atom stereocenters. The molecule has 0 fully saturated rings. The van der Waals surface area contributed by atoms with Crippen LogP contribution in [0.3, 0.4) is 0 Å². The fourth-order valence-electron chi connectivity index (χ4n) is 1.90. The number of rotatable bonds is 5. The average molecular weight is 277 g/mol. The van der Waals surface area contributed by atoms with E-state index in [-0.39, 0.29) is 5.41 Å². The van der Waals surface area contributed by atoms with Gasteiger partial charge in [0.25, 0.3) is 0 Å². The van der Waals surface area contributed by atoms with Gasteiger partial charge < -0.3 is 4.52 Å². The van der Waals surface area contributed by atoms with Crippen LogP contribution in [-0.2, 0) is 24.9 Å². The summed E-state index contributed by atoms with van der Waals surface area (Å²) in [5.41, 5.74) is 2.23. The average Bonchev–Trinajstić information content (AvgIpc) is 2.97. The van der Waals surface area contributed by atoms with Crippen molar-refractivity contribution in [2.75, 3.05) is 7.05 Å². The maximum absolute atomic E-state index is 5.19. The summed E-state index contributed by atoms with van der Waals surface area (Å²) >= 11 is 0. The van der Waals surface area contributed by atoms with E-state index in [2.05, 4.69) is 52.1 Å². The van der Waals surface area contributed by atoms with Gasteiger partial charge in [-0.05, 0) is 13.1 Å². The Bertz CT molecular complexity index is 552. The van der Waals surface area contributed by atoms with Crippen LogP contribution in [0, 0.1) is 0 Å². The Morgan fingerprint density at radius 1 is 1.30 bits per heavy atom. The van der Waals surface area contributed by atoms with Crippen molar-refractivity contribution < 1.29 is 4.52 Å². The van der Waals surface area contributed by atoms with Gasteiger partial charge in [0.1, 0.15) is 0 Å². The van der Waals surface area contributed by atoms with Gasteiger partial charge in [-0.3, -0.25) is 10.00 Å². The molecule has 0 amide bonds. The normalized spacial score (nSPS) is 12.3. The molecule has 1 N–H and O–H groups in total.